The monoisotopic (exact) mass is 343 g/mol. The van der Waals surface area contributed by atoms with Gasteiger partial charge in [-0.2, -0.15) is 5.43 Å². The van der Waals surface area contributed by atoms with Crippen LogP contribution < -0.4 is 22.3 Å². The van der Waals surface area contributed by atoms with Gasteiger partial charge >= 0.3 is 0 Å². The standard InChI is InChI=1S/C18H29N7/c19-17-21-18(20,23-22-17)15-5-3-14(4-6-15)13-24-11-7-16(8-12-24)25-9-1-2-10-25/h3-6,16,23H,1-2,7-13,20H2,(H3,19,21,22). The molecule has 1 aromatic carbocycles. The Labute approximate surface area is 149 Å². The van der Waals surface area contributed by atoms with Crippen molar-refractivity contribution < 1.29 is 0 Å². The Kier molecular flexibility index (Phi) is 4.64. The van der Waals surface area contributed by atoms with Gasteiger partial charge in [-0.15, -0.1) is 0 Å². The van der Waals surface area contributed by atoms with Crippen molar-refractivity contribution in [2.24, 2.45) is 16.5 Å². The third-order valence-corrected chi connectivity index (χ3v) is 5.69. The molecule has 6 N–H and O–H groups in total. The van der Waals surface area contributed by atoms with E-state index in [1.807, 2.05) is 12.1 Å². The normalized spacial score (nSPS) is 28.9. The fraction of sp³-hybridized carbons (Fsp3) is 0.611. The average molecular weight is 343 g/mol. The summed E-state index contributed by atoms with van der Waals surface area (Å²) in [7, 11) is 0. The summed E-state index contributed by atoms with van der Waals surface area (Å²) in [4.78, 5) is 9.47. The van der Waals surface area contributed by atoms with Gasteiger partial charge in [-0.3, -0.25) is 16.1 Å². The van der Waals surface area contributed by atoms with Crippen LogP contribution in [0.2, 0.25) is 0 Å². The Balaban J connectivity index is 1.31. The molecule has 0 amide bonds. The maximum atomic E-state index is 6.22. The largest absolute Gasteiger partial charge is 0.369 e. The number of rotatable bonds is 4. The van der Waals surface area contributed by atoms with E-state index in [-0.39, 0.29) is 0 Å². The first kappa shape index (κ1) is 16.8. The molecule has 0 bridgehead atoms. The molecular weight excluding hydrogens is 314 g/mol. The number of hydrogen-bond donors (Lipinski definition) is 4. The topological polar surface area (TPSA) is 94.9 Å². The number of nitrogens with two attached hydrogens (primary N) is 2. The summed E-state index contributed by atoms with van der Waals surface area (Å²) in [6, 6.07) is 9.15. The molecule has 1 unspecified atom stereocenters. The van der Waals surface area contributed by atoms with Gasteiger partial charge in [-0.25, -0.2) is 4.99 Å². The van der Waals surface area contributed by atoms with Crippen molar-refractivity contribution in [2.45, 2.75) is 44.1 Å². The number of nitrogens with one attached hydrogen (secondary N) is 2. The molecule has 0 saturated carbocycles. The highest BCUT2D eigenvalue weighted by Gasteiger charge is 2.31. The molecule has 7 nitrogen and oxygen atoms in total. The van der Waals surface area contributed by atoms with Crippen molar-refractivity contribution in [1.82, 2.24) is 20.7 Å². The summed E-state index contributed by atoms with van der Waals surface area (Å²) in [5.74, 6) is -0.663. The van der Waals surface area contributed by atoms with Crippen molar-refractivity contribution in [3.05, 3.63) is 35.4 Å². The first-order valence-electron chi connectivity index (χ1n) is 9.36. The molecule has 1 atom stereocenters. The zero-order valence-electron chi connectivity index (χ0n) is 14.7. The van der Waals surface area contributed by atoms with Crippen LogP contribution in [0.4, 0.5) is 0 Å². The van der Waals surface area contributed by atoms with Crippen molar-refractivity contribution >= 4 is 5.96 Å². The first-order valence-corrected chi connectivity index (χ1v) is 9.36. The lowest BCUT2D eigenvalue weighted by molar-refractivity contribution is 0.122. The molecule has 3 heterocycles. The zero-order valence-corrected chi connectivity index (χ0v) is 14.7. The van der Waals surface area contributed by atoms with E-state index in [0.717, 1.165) is 18.2 Å². The maximum absolute atomic E-state index is 6.22. The average Bonchev–Trinajstić information content (AvgIpc) is 3.27. The molecule has 0 spiro atoms. The summed E-state index contributed by atoms with van der Waals surface area (Å²) in [5.41, 5.74) is 19.8. The Morgan fingerprint density at radius 3 is 2.36 bits per heavy atom. The van der Waals surface area contributed by atoms with Gasteiger partial charge in [0.2, 0.25) is 11.7 Å². The molecule has 136 valence electrons. The van der Waals surface area contributed by atoms with Crippen LogP contribution in [0.1, 0.15) is 36.8 Å². The molecule has 1 aromatic rings. The number of aliphatic imine (C=N–C) groups is 1. The van der Waals surface area contributed by atoms with Gasteiger partial charge in [0.15, 0.2) is 0 Å². The van der Waals surface area contributed by atoms with Gasteiger partial charge in [-0.1, -0.05) is 24.3 Å². The molecule has 3 aliphatic rings. The van der Waals surface area contributed by atoms with Crippen LogP contribution in [0.5, 0.6) is 0 Å². The Morgan fingerprint density at radius 2 is 1.76 bits per heavy atom. The number of hydrazine groups is 1. The fourth-order valence-electron chi connectivity index (χ4n) is 4.21. The van der Waals surface area contributed by atoms with Crippen LogP contribution in [0.3, 0.4) is 0 Å². The molecule has 3 aliphatic heterocycles. The number of guanidine groups is 1. The molecule has 4 rings (SSSR count). The van der Waals surface area contributed by atoms with E-state index in [0.29, 0.717) is 5.96 Å². The van der Waals surface area contributed by atoms with Gasteiger partial charge in [0.05, 0.1) is 0 Å². The third-order valence-electron chi connectivity index (χ3n) is 5.69. The van der Waals surface area contributed by atoms with Crippen LogP contribution in [0.25, 0.3) is 0 Å². The number of piperidine rings is 1. The minimum atomic E-state index is -0.976. The predicted octanol–water partition coefficient (Wildman–Crippen LogP) is 0.238. The minimum absolute atomic E-state index is 0.312. The molecule has 7 heteroatoms. The lowest BCUT2D eigenvalue weighted by Gasteiger charge is -2.36. The van der Waals surface area contributed by atoms with Crippen molar-refractivity contribution in [3.8, 4) is 0 Å². The molecule has 25 heavy (non-hydrogen) atoms. The smallest absolute Gasteiger partial charge is 0.209 e. The molecule has 0 radical (unpaired) electrons. The molecule has 0 aliphatic carbocycles. The van der Waals surface area contributed by atoms with E-state index < -0.39 is 5.79 Å². The molecule has 2 fully saturated rings. The molecular formula is C18H29N7. The van der Waals surface area contributed by atoms with E-state index in [1.165, 1.54) is 57.4 Å². The van der Waals surface area contributed by atoms with Gasteiger partial charge in [-0.05, 0) is 57.4 Å². The second-order valence-electron chi connectivity index (χ2n) is 7.46. The van der Waals surface area contributed by atoms with Gasteiger partial charge in [0.1, 0.15) is 0 Å². The first-order chi connectivity index (χ1) is 12.1. The van der Waals surface area contributed by atoms with Gasteiger partial charge < -0.3 is 10.6 Å². The minimum Gasteiger partial charge on any atom is -0.369 e. The van der Waals surface area contributed by atoms with Crippen molar-refractivity contribution in [2.75, 3.05) is 26.2 Å². The van der Waals surface area contributed by atoms with E-state index in [2.05, 4.69) is 37.8 Å². The van der Waals surface area contributed by atoms with Crippen LogP contribution in [0.15, 0.2) is 29.3 Å². The fourth-order valence-corrected chi connectivity index (χ4v) is 4.21. The van der Waals surface area contributed by atoms with Crippen LogP contribution in [-0.4, -0.2) is 48.0 Å². The summed E-state index contributed by atoms with van der Waals surface area (Å²) in [6.07, 6.45) is 5.37. The van der Waals surface area contributed by atoms with Crippen LogP contribution in [-0.2, 0) is 12.3 Å². The van der Waals surface area contributed by atoms with E-state index in [1.54, 1.807) is 0 Å². The third kappa shape index (κ3) is 3.64. The van der Waals surface area contributed by atoms with Crippen molar-refractivity contribution in [3.63, 3.8) is 0 Å². The number of benzene rings is 1. The maximum Gasteiger partial charge on any atom is 0.209 e. The SMILES string of the molecule is NC1=NC(N)(c2ccc(CN3CCC(N4CCCC4)CC3)cc2)NN1. The lowest BCUT2D eigenvalue weighted by Crippen LogP contribution is -2.50. The number of likely N-dealkylation sites (tertiary alicyclic amines) is 2. The highest BCUT2D eigenvalue weighted by atomic mass is 15.6. The number of nitrogens with zero attached hydrogens (tertiary/aromatic N) is 3. The Bertz CT molecular complexity index is 615. The van der Waals surface area contributed by atoms with Gasteiger partial charge in [0.25, 0.3) is 0 Å². The second kappa shape index (κ2) is 6.92. The predicted molar refractivity (Wildman–Crippen MR) is 99.3 cm³/mol. The number of hydrogen-bond acceptors (Lipinski definition) is 7. The van der Waals surface area contributed by atoms with Crippen molar-refractivity contribution in [1.29, 1.82) is 0 Å². The summed E-state index contributed by atoms with van der Waals surface area (Å²) >= 11 is 0. The molecule has 2 saturated heterocycles. The van der Waals surface area contributed by atoms with Gasteiger partial charge in [0, 0.05) is 18.2 Å². The van der Waals surface area contributed by atoms with Crippen LogP contribution >= 0.6 is 0 Å². The molecule has 0 aromatic heterocycles. The zero-order chi connectivity index (χ0) is 17.3. The van der Waals surface area contributed by atoms with Crippen LogP contribution in [0, 0.1) is 0 Å². The quantitative estimate of drug-likeness (QED) is 0.626. The van der Waals surface area contributed by atoms with E-state index in [9.17, 15) is 0 Å². The Hall–Kier alpha value is -1.67. The van der Waals surface area contributed by atoms with E-state index >= 15 is 0 Å². The second-order valence-corrected chi connectivity index (χ2v) is 7.46. The summed E-state index contributed by atoms with van der Waals surface area (Å²) in [6.45, 7) is 6.00. The van der Waals surface area contributed by atoms with E-state index in [4.69, 9.17) is 11.5 Å². The highest BCUT2D eigenvalue weighted by molar-refractivity contribution is 5.79. The summed E-state index contributed by atoms with van der Waals surface area (Å²) < 4.78 is 0. The summed E-state index contributed by atoms with van der Waals surface area (Å²) in [5, 5.41) is 0. The highest BCUT2D eigenvalue weighted by Crippen LogP contribution is 2.23. The lowest BCUT2D eigenvalue weighted by atomic mass is 10.0. The Morgan fingerprint density at radius 1 is 1.08 bits per heavy atom.